The van der Waals surface area contributed by atoms with Crippen molar-refractivity contribution in [1.29, 1.82) is 0 Å². The van der Waals surface area contributed by atoms with Crippen molar-refractivity contribution in [2.45, 2.75) is 6.36 Å². The van der Waals surface area contributed by atoms with Gasteiger partial charge in [-0.1, -0.05) is 0 Å². The van der Waals surface area contributed by atoms with E-state index in [4.69, 9.17) is 5.73 Å². The summed E-state index contributed by atoms with van der Waals surface area (Å²) in [5, 5.41) is 0. The van der Waals surface area contributed by atoms with Gasteiger partial charge < -0.3 is 10.6 Å². The van der Waals surface area contributed by atoms with E-state index in [-0.39, 0.29) is 6.54 Å². The molecule has 2 N–H and O–H groups in total. The van der Waals surface area contributed by atoms with Crippen molar-refractivity contribution in [2.24, 2.45) is 0 Å². The second-order valence-electron chi connectivity index (χ2n) is 3.31. The maximum atomic E-state index is 11.7. The molecule has 0 aliphatic rings. The van der Waals surface area contributed by atoms with Gasteiger partial charge in [-0.3, -0.25) is 4.74 Å². The Balaban J connectivity index is 2.41. The summed E-state index contributed by atoms with van der Waals surface area (Å²) in [6, 6.07) is 6.86. The number of hydrogen-bond acceptors (Lipinski definition) is 3. The molecule has 6 heteroatoms. The van der Waals surface area contributed by atoms with Crippen LogP contribution in [0.2, 0.25) is 0 Å². The van der Waals surface area contributed by atoms with Crippen LogP contribution in [0.4, 0.5) is 24.5 Å². The Hall–Kier alpha value is -1.43. The standard InChI is InChI=1S/C10H13F3N2O/c1-15(6-7-16-10(11,12)13)9-4-2-8(14)3-5-9/h2-5H,6-7,14H2,1H3. The molecule has 0 aromatic heterocycles. The van der Waals surface area contributed by atoms with E-state index in [9.17, 15) is 13.2 Å². The number of nitrogens with two attached hydrogens (primary N) is 1. The molecule has 0 unspecified atom stereocenters. The Morgan fingerprint density at radius 2 is 1.81 bits per heavy atom. The van der Waals surface area contributed by atoms with Crippen LogP contribution in [-0.4, -0.2) is 26.6 Å². The fraction of sp³-hybridized carbons (Fsp3) is 0.400. The first-order valence-corrected chi connectivity index (χ1v) is 4.66. The molecular weight excluding hydrogens is 221 g/mol. The van der Waals surface area contributed by atoms with Crippen molar-refractivity contribution in [2.75, 3.05) is 30.8 Å². The largest absolute Gasteiger partial charge is 0.522 e. The molecule has 0 spiro atoms. The fourth-order valence-electron chi connectivity index (χ4n) is 1.16. The second kappa shape index (κ2) is 5.07. The van der Waals surface area contributed by atoms with Gasteiger partial charge in [0.25, 0.3) is 0 Å². The Kier molecular flexibility index (Phi) is 4.00. The molecule has 0 atom stereocenters. The van der Waals surface area contributed by atoms with Crippen LogP contribution in [0.15, 0.2) is 24.3 Å². The van der Waals surface area contributed by atoms with E-state index in [0.717, 1.165) is 5.69 Å². The Bertz CT molecular complexity index is 324. The van der Waals surface area contributed by atoms with Crippen molar-refractivity contribution >= 4 is 11.4 Å². The van der Waals surface area contributed by atoms with Crippen LogP contribution in [0, 0.1) is 0 Å². The van der Waals surface area contributed by atoms with E-state index in [1.807, 2.05) is 0 Å². The zero-order valence-electron chi connectivity index (χ0n) is 8.79. The topological polar surface area (TPSA) is 38.5 Å². The minimum absolute atomic E-state index is 0.156. The van der Waals surface area contributed by atoms with Crippen LogP contribution in [-0.2, 0) is 4.74 Å². The SMILES string of the molecule is CN(CCOC(F)(F)F)c1ccc(N)cc1. The summed E-state index contributed by atoms with van der Waals surface area (Å²) in [6.07, 6.45) is -4.57. The van der Waals surface area contributed by atoms with E-state index in [1.165, 1.54) is 0 Å². The molecule has 0 saturated heterocycles. The highest BCUT2D eigenvalue weighted by Gasteiger charge is 2.28. The maximum absolute atomic E-state index is 11.7. The van der Waals surface area contributed by atoms with Crippen molar-refractivity contribution in [3.8, 4) is 0 Å². The van der Waals surface area contributed by atoms with Crippen LogP contribution in [0.3, 0.4) is 0 Å². The highest BCUT2D eigenvalue weighted by atomic mass is 19.4. The summed E-state index contributed by atoms with van der Waals surface area (Å²) < 4.78 is 38.8. The fourth-order valence-corrected chi connectivity index (χ4v) is 1.16. The molecule has 0 heterocycles. The number of nitrogens with zero attached hydrogens (tertiary/aromatic N) is 1. The van der Waals surface area contributed by atoms with Gasteiger partial charge in [0.15, 0.2) is 0 Å². The molecule has 0 saturated carbocycles. The van der Waals surface area contributed by atoms with Crippen molar-refractivity contribution in [1.82, 2.24) is 0 Å². The molecule has 3 nitrogen and oxygen atoms in total. The second-order valence-corrected chi connectivity index (χ2v) is 3.31. The molecule has 0 amide bonds. The normalized spacial score (nSPS) is 11.5. The Morgan fingerprint density at radius 3 is 2.31 bits per heavy atom. The minimum Gasteiger partial charge on any atom is -0.399 e. The van der Waals surface area contributed by atoms with Gasteiger partial charge >= 0.3 is 6.36 Å². The first kappa shape index (κ1) is 12.6. The van der Waals surface area contributed by atoms with Crippen molar-refractivity contribution in [3.63, 3.8) is 0 Å². The highest BCUT2D eigenvalue weighted by Crippen LogP contribution is 2.17. The van der Waals surface area contributed by atoms with Gasteiger partial charge in [-0.15, -0.1) is 13.2 Å². The average molecular weight is 234 g/mol. The number of likely N-dealkylation sites (N-methyl/N-ethyl adjacent to an activating group) is 1. The van der Waals surface area contributed by atoms with Crippen LogP contribution in [0.1, 0.15) is 0 Å². The van der Waals surface area contributed by atoms with E-state index in [0.29, 0.717) is 5.69 Å². The van der Waals surface area contributed by atoms with Crippen LogP contribution in [0.25, 0.3) is 0 Å². The molecule has 0 bridgehead atoms. The summed E-state index contributed by atoms with van der Waals surface area (Å²) >= 11 is 0. The first-order valence-electron chi connectivity index (χ1n) is 4.66. The molecule has 16 heavy (non-hydrogen) atoms. The Labute approximate surface area is 91.6 Å². The van der Waals surface area contributed by atoms with Crippen molar-refractivity contribution in [3.05, 3.63) is 24.3 Å². The number of benzene rings is 1. The van der Waals surface area contributed by atoms with Crippen LogP contribution >= 0.6 is 0 Å². The monoisotopic (exact) mass is 234 g/mol. The predicted molar refractivity (Wildman–Crippen MR) is 56.1 cm³/mol. The third-order valence-electron chi connectivity index (χ3n) is 2.03. The van der Waals surface area contributed by atoms with E-state index >= 15 is 0 Å². The summed E-state index contributed by atoms with van der Waals surface area (Å²) in [5.74, 6) is 0. The number of nitrogen functional groups attached to an aromatic ring is 1. The summed E-state index contributed by atoms with van der Waals surface area (Å²) in [5.41, 5.74) is 6.90. The van der Waals surface area contributed by atoms with Gasteiger partial charge in [0.1, 0.15) is 0 Å². The van der Waals surface area contributed by atoms with Gasteiger partial charge in [0.2, 0.25) is 0 Å². The number of rotatable bonds is 4. The lowest BCUT2D eigenvalue weighted by molar-refractivity contribution is -0.323. The smallest absolute Gasteiger partial charge is 0.399 e. The molecule has 0 radical (unpaired) electrons. The predicted octanol–water partition coefficient (Wildman–Crippen LogP) is 2.24. The molecule has 1 aromatic rings. The highest BCUT2D eigenvalue weighted by molar-refractivity contribution is 5.52. The van der Waals surface area contributed by atoms with Gasteiger partial charge in [-0.05, 0) is 24.3 Å². The summed E-state index contributed by atoms with van der Waals surface area (Å²) in [6.45, 7) is -0.242. The molecule has 1 rings (SSSR count). The van der Waals surface area contributed by atoms with Gasteiger partial charge in [-0.25, -0.2) is 0 Å². The first-order chi connectivity index (χ1) is 7.38. The number of hydrogen-bond donors (Lipinski definition) is 1. The lowest BCUT2D eigenvalue weighted by Gasteiger charge is -2.19. The zero-order chi connectivity index (χ0) is 12.2. The Morgan fingerprint density at radius 1 is 1.25 bits per heavy atom. The molecular formula is C10H13F3N2O. The van der Waals surface area contributed by atoms with Crippen molar-refractivity contribution < 1.29 is 17.9 Å². The van der Waals surface area contributed by atoms with Crippen LogP contribution < -0.4 is 10.6 Å². The number of halogens is 3. The number of alkyl halides is 3. The summed E-state index contributed by atoms with van der Waals surface area (Å²) in [4.78, 5) is 1.66. The van der Waals surface area contributed by atoms with E-state index in [2.05, 4.69) is 4.74 Å². The van der Waals surface area contributed by atoms with Gasteiger partial charge in [0.05, 0.1) is 6.61 Å². The third-order valence-corrected chi connectivity index (χ3v) is 2.03. The molecule has 0 fully saturated rings. The van der Waals surface area contributed by atoms with Gasteiger partial charge in [-0.2, -0.15) is 0 Å². The number of ether oxygens (including phenoxy) is 1. The lowest BCUT2D eigenvalue weighted by atomic mass is 10.2. The minimum atomic E-state index is -4.57. The summed E-state index contributed by atoms with van der Waals surface area (Å²) in [7, 11) is 1.69. The van der Waals surface area contributed by atoms with Crippen LogP contribution in [0.5, 0.6) is 0 Å². The van der Waals surface area contributed by atoms with E-state index < -0.39 is 13.0 Å². The third kappa shape index (κ3) is 4.39. The number of anilines is 2. The van der Waals surface area contributed by atoms with E-state index in [1.54, 1.807) is 36.2 Å². The average Bonchev–Trinajstić information content (AvgIpc) is 2.16. The zero-order valence-corrected chi connectivity index (χ0v) is 8.79. The quantitative estimate of drug-likeness (QED) is 0.812. The molecule has 0 aliphatic carbocycles. The molecule has 90 valence electrons. The lowest BCUT2D eigenvalue weighted by Crippen LogP contribution is -2.26. The maximum Gasteiger partial charge on any atom is 0.522 e. The van der Waals surface area contributed by atoms with Gasteiger partial charge in [0, 0.05) is 25.0 Å². The molecule has 1 aromatic carbocycles. The molecule has 0 aliphatic heterocycles.